The van der Waals surface area contributed by atoms with Crippen molar-refractivity contribution in [1.82, 2.24) is 4.98 Å². The number of hydrogen-bond donors (Lipinski definition) is 1. The Labute approximate surface area is 125 Å². The number of nitrogens with zero attached hydrogens (tertiary/aromatic N) is 1. The van der Waals surface area contributed by atoms with Crippen molar-refractivity contribution in [3.63, 3.8) is 0 Å². The number of benzene rings is 1. The second-order valence-corrected chi connectivity index (χ2v) is 6.84. The van der Waals surface area contributed by atoms with Gasteiger partial charge >= 0.3 is 0 Å². The van der Waals surface area contributed by atoms with Gasteiger partial charge in [0.1, 0.15) is 5.15 Å². The van der Waals surface area contributed by atoms with Crippen LogP contribution >= 0.6 is 27.5 Å². The molecule has 2 aromatic rings. The standard InChI is InChI=1S/C12H10BrClN2O2S/c1-8-2-3-9(13)6-11(8)19(17,18)16-10-4-5-15-12(14)7-10/h2-7H,1H3,(H,15,16). The molecule has 19 heavy (non-hydrogen) atoms. The van der Waals surface area contributed by atoms with E-state index in [1.54, 1.807) is 25.1 Å². The molecule has 0 saturated carbocycles. The first kappa shape index (κ1) is 14.3. The Balaban J connectivity index is 2.40. The van der Waals surface area contributed by atoms with Crippen molar-refractivity contribution < 1.29 is 8.42 Å². The van der Waals surface area contributed by atoms with E-state index in [-0.39, 0.29) is 10.0 Å². The Bertz CT molecular complexity index is 719. The van der Waals surface area contributed by atoms with Crippen molar-refractivity contribution in [2.24, 2.45) is 0 Å². The zero-order valence-corrected chi connectivity index (χ0v) is 13.1. The summed E-state index contributed by atoms with van der Waals surface area (Å²) in [6, 6.07) is 8.07. The number of pyridine rings is 1. The van der Waals surface area contributed by atoms with E-state index in [1.807, 2.05) is 0 Å². The van der Waals surface area contributed by atoms with Gasteiger partial charge < -0.3 is 0 Å². The molecule has 1 heterocycles. The maximum absolute atomic E-state index is 12.3. The number of halogens is 2. The van der Waals surface area contributed by atoms with E-state index < -0.39 is 10.0 Å². The fourth-order valence-electron chi connectivity index (χ4n) is 1.54. The van der Waals surface area contributed by atoms with Crippen LogP contribution in [0.15, 0.2) is 45.9 Å². The number of nitrogens with one attached hydrogen (secondary N) is 1. The van der Waals surface area contributed by atoms with Gasteiger partial charge in [0, 0.05) is 10.7 Å². The van der Waals surface area contributed by atoms with Crippen molar-refractivity contribution in [1.29, 1.82) is 0 Å². The van der Waals surface area contributed by atoms with E-state index in [9.17, 15) is 8.42 Å². The minimum absolute atomic E-state index is 0.217. The van der Waals surface area contributed by atoms with Crippen LogP contribution in [0.5, 0.6) is 0 Å². The summed E-state index contributed by atoms with van der Waals surface area (Å²) in [4.78, 5) is 4.01. The van der Waals surface area contributed by atoms with Crippen molar-refractivity contribution in [3.05, 3.63) is 51.7 Å². The molecule has 7 heteroatoms. The van der Waals surface area contributed by atoms with Crippen molar-refractivity contribution >= 4 is 43.2 Å². The number of aryl methyl sites for hydroxylation is 1. The Hall–Kier alpha value is -1.11. The molecule has 1 aromatic carbocycles. The molecule has 0 atom stereocenters. The SMILES string of the molecule is Cc1ccc(Br)cc1S(=O)(=O)Nc1ccnc(Cl)c1. The Kier molecular flexibility index (Phi) is 4.13. The van der Waals surface area contributed by atoms with E-state index in [0.717, 1.165) is 0 Å². The maximum atomic E-state index is 12.3. The van der Waals surface area contributed by atoms with Crippen LogP contribution in [0.2, 0.25) is 5.15 Å². The smallest absolute Gasteiger partial charge is 0.262 e. The van der Waals surface area contributed by atoms with Gasteiger partial charge in [-0.1, -0.05) is 33.6 Å². The molecule has 0 amide bonds. The molecule has 1 N–H and O–H groups in total. The lowest BCUT2D eigenvalue weighted by molar-refractivity contribution is 0.600. The Morgan fingerprint density at radius 1 is 1.26 bits per heavy atom. The van der Waals surface area contributed by atoms with Gasteiger partial charge in [0.2, 0.25) is 0 Å². The van der Waals surface area contributed by atoms with E-state index >= 15 is 0 Å². The van der Waals surface area contributed by atoms with Crippen LogP contribution in [-0.4, -0.2) is 13.4 Å². The summed E-state index contributed by atoms with van der Waals surface area (Å²) >= 11 is 8.99. The zero-order chi connectivity index (χ0) is 14.0. The van der Waals surface area contributed by atoms with Crippen LogP contribution in [-0.2, 0) is 10.0 Å². The third-order valence-electron chi connectivity index (χ3n) is 2.42. The molecule has 100 valence electrons. The van der Waals surface area contributed by atoms with Gasteiger partial charge in [-0.15, -0.1) is 0 Å². The topological polar surface area (TPSA) is 59.1 Å². The molecule has 2 rings (SSSR count). The molecule has 0 saturated heterocycles. The Morgan fingerprint density at radius 3 is 2.68 bits per heavy atom. The monoisotopic (exact) mass is 360 g/mol. The number of hydrogen-bond acceptors (Lipinski definition) is 3. The molecule has 0 aliphatic heterocycles. The lowest BCUT2D eigenvalue weighted by Crippen LogP contribution is -2.14. The molecule has 0 fully saturated rings. The van der Waals surface area contributed by atoms with Crippen LogP contribution in [0, 0.1) is 6.92 Å². The molecule has 0 aliphatic carbocycles. The van der Waals surface area contributed by atoms with Crippen LogP contribution in [0.3, 0.4) is 0 Å². The highest BCUT2D eigenvalue weighted by atomic mass is 79.9. The van der Waals surface area contributed by atoms with E-state index in [0.29, 0.717) is 15.7 Å². The fraction of sp³-hybridized carbons (Fsp3) is 0.0833. The average Bonchev–Trinajstić information content (AvgIpc) is 2.31. The number of anilines is 1. The molecule has 0 bridgehead atoms. The van der Waals surface area contributed by atoms with Crippen molar-refractivity contribution in [3.8, 4) is 0 Å². The minimum atomic E-state index is -3.65. The molecular weight excluding hydrogens is 352 g/mol. The van der Waals surface area contributed by atoms with Gasteiger partial charge in [-0.25, -0.2) is 13.4 Å². The van der Waals surface area contributed by atoms with Gasteiger partial charge in [-0.3, -0.25) is 4.72 Å². The Morgan fingerprint density at radius 2 is 2.00 bits per heavy atom. The van der Waals surface area contributed by atoms with E-state index in [2.05, 4.69) is 25.6 Å². The summed E-state index contributed by atoms with van der Waals surface area (Å²) in [5.41, 5.74) is 1.04. The lowest BCUT2D eigenvalue weighted by Gasteiger charge is -2.10. The van der Waals surface area contributed by atoms with Crippen LogP contribution < -0.4 is 4.72 Å². The molecule has 0 unspecified atom stereocenters. The normalized spacial score (nSPS) is 11.3. The quantitative estimate of drug-likeness (QED) is 0.850. The molecule has 0 aliphatic rings. The van der Waals surface area contributed by atoms with E-state index in [1.165, 1.54) is 18.3 Å². The maximum Gasteiger partial charge on any atom is 0.262 e. The summed E-state index contributed by atoms with van der Waals surface area (Å²) in [6.45, 7) is 1.74. The molecule has 0 spiro atoms. The summed E-state index contributed by atoms with van der Waals surface area (Å²) in [7, 11) is -3.65. The third-order valence-corrected chi connectivity index (χ3v) is 4.64. The number of rotatable bonds is 3. The first-order valence-electron chi connectivity index (χ1n) is 5.29. The highest BCUT2D eigenvalue weighted by Gasteiger charge is 2.17. The van der Waals surface area contributed by atoms with Crippen molar-refractivity contribution in [2.75, 3.05) is 4.72 Å². The predicted octanol–water partition coefficient (Wildman–Crippen LogP) is 3.61. The first-order chi connectivity index (χ1) is 8.88. The van der Waals surface area contributed by atoms with Crippen LogP contribution in [0.25, 0.3) is 0 Å². The third kappa shape index (κ3) is 3.46. The van der Waals surface area contributed by atoms with Crippen LogP contribution in [0.1, 0.15) is 5.56 Å². The summed E-state index contributed by atoms with van der Waals surface area (Å²) in [5.74, 6) is 0. The van der Waals surface area contributed by atoms with Crippen LogP contribution in [0.4, 0.5) is 5.69 Å². The van der Waals surface area contributed by atoms with Crippen molar-refractivity contribution in [2.45, 2.75) is 11.8 Å². The fourth-order valence-corrected chi connectivity index (χ4v) is 3.55. The predicted molar refractivity (Wildman–Crippen MR) is 78.9 cm³/mol. The lowest BCUT2D eigenvalue weighted by atomic mass is 10.2. The number of sulfonamides is 1. The largest absolute Gasteiger partial charge is 0.279 e. The van der Waals surface area contributed by atoms with Gasteiger partial charge in [-0.05, 0) is 36.8 Å². The summed E-state index contributed by atoms with van der Waals surface area (Å²) < 4.78 is 27.8. The molecule has 4 nitrogen and oxygen atoms in total. The summed E-state index contributed by atoms with van der Waals surface area (Å²) in [6.07, 6.45) is 1.44. The molecule has 0 radical (unpaired) electrons. The first-order valence-corrected chi connectivity index (χ1v) is 7.94. The van der Waals surface area contributed by atoms with E-state index in [4.69, 9.17) is 11.6 Å². The highest BCUT2D eigenvalue weighted by Crippen LogP contribution is 2.23. The minimum Gasteiger partial charge on any atom is -0.279 e. The molecule has 1 aromatic heterocycles. The van der Waals surface area contributed by atoms with Gasteiger partial charge in [0.15, 0.2) is 0 Å². The zero-order valence-electron chi connectivity index (χ0n) is 9.89. The average molecular weight is 362 g/mol. The van der Waals surface area contributed by atoms with Gasteiger partial charge in [0.05, 0.1) is 10.6 Å². The second-order valence-electron chi connectivity index (χ2n) is 3.88. The van der Waals surface area contributed by atoms with Gasteiger partial charge in [0.25, 0.3) is 10.0 Å². The second kappa shape index (κ2) is 5.48. The number of aromatic nitrogens is 1. The highest BCUT2D eigenvalue weighted by molar-refractivity contribution is 9.10. The molecular formula is C12H10BrClN2O2S. The summed E-state index contributed by atoms with van der Waals surface area (Å²) in [5, 5.41) is 0.228. The van der Waals surface area contributed by atoms with Gasteiger partial charge in [-0.2, -0.15) is 0 Å².